The summed E-state index contributed by atoms with van der Waals surface area (Å²) in [4.78, 5) is 9.00. The van der Waals surface area contributed by atoms with Crippen molar-refractivity contribution in [1.82, 2.24) is 14.5 Å². The predicted molar refractivity (Wildman–Crippen MR) is 72.1 cm³/mol. The Bertz CT molecular complexity index is 548. The van der Waals surface area contributed by atoms with Crippen molar-refractivity contribution in [3.63, 3.8) is 0 Å². The van der Waals surface area contributed by atoms with E-state index in [1.165, 1.54) is 19.3 Å². The minimum atomic E-state index is 0.445. The second kappa shape index (κ2) is 4.58. The number of pyridine rings is 1. The quantitative estimate of drug-likeness (QED) is 0.808. The molecule has 17 heavy (non-hydrogen) atoms. The summed E-state index contributed by atoms with van der Waals surface area (Å²) in [6.07, 6.45) is 5.81. The molecule has 1 saturated carbocycles. The summed E-state index contributed by atoms with van der Waals surface area (Å²) in [6, 6.07) is 2.00. The van der Waals surface area contributed by atoms with Crippen LogP contribution in [-0.4, -0.2) is 14.5 Å². The lowest BCUT2D eigenvalue weighted by molar-refractivity contribution is 0.277. The molecule has 90 valence electrons. The molecule has 5 heteroatoms. The van der Waals surface area contributed by atoms with Crippen LogP contribution in [0.2, 0.25) is 0 Å². The lowest BCUT2D eigenvalue weighted by Gasteiger charge is -2.26. The zero-order valence-corrected chi connectivity index (χ0v) is 11.7. The number of fused-ring (bicyclic) bond motifs is 1. The Morgan fingerprint density at radius 1 is 1.47 bits per heavy atom. The van der Waals surface area contributed by atoms with Crippen molar-refractivity contribution >= 4 is 38.7 Å². The lowest BCUT2D eigenvalue weighted by atomic mass is 9.85. The molecule has 0 unspecified atom stereocenters. The van der Waals surface area contributed by atoms with Crippen molar-refractivity contribution in [3.8, 4) is 0 Å². The molecule has 0 aromatic carbocycles. The minimum absolute atomic E-state index is 0.445. The van der Waals surface area contributed by atoms with Gasteiger partial charge < -0.3 is 4.57 Å². The molecular formula is C12H13BrClN3. The predicted octanol–water partition coefficient (Wildman–Crippen LogP) is 3.73. The van der Waals surface area contributed by atoms with Gasteiger partial charge in [0.1, 0.15) is 11.3 Å². The molecule has 2 aromatic rings. The Morgan fingerprint density at radius 3 is 2.94 bits per heavy atom. The van der Waals surface area contributed by atoms with Gasteiger partial charge in [-0.25, -0.2) is 9.97 Å². The van der Waals surface area contributed by atoms with E-state index in [0.717, 1.165) is 33.9 Å². The summed E-state index contributed by atoms with van der Waals surface area (Å²) < 4.78 is 3.14. The Balaban J connectivity index is 2.05. The number of hydrogen-bond donors (Lipinski definition) is 0. The molecule has 1 aliphatic rings. The molecule has 3 nitrogen and oxygen atoms in total. The highest BCUT2D eigenvalue weighted by molar-refractivity contribution is 9.10. The molecular weight excluding hydrogens is 302 g/mol. The van der Waals surface area contributed by atoms with Gasteiger partial charge in [0.25, 0.3) is 0 Å². The van der Waals surface area contributed by atoms with Crippen LogP contribution in [0.5, 0.6) is 0 Å². The first-order valence-corrected chi connectivity index (χ1v) is 7.17. The van der Waals surface area contributed by atoms with Crippen LogP contribution < -0.4 is 0 Å². The smallest absolute Gasteiger partial charge is 0.160 e. The molecule has 2 heterocycles. The van der Waals surface area contributed by atoms with Crippen molar-refractivity contribution in [3.05, 3.63) is 22.6 Å². The van der Waals surface area contributed by atoms with Gasteiger partial charge in [0.2, 0.25) is 0 Å². The lowest BCUT2D eigenvalue weighted by Crippen LogP contribution is -2.19. The largest absolute Gasteiger partial charge is 0.311 e. The number of hydrogen-bond acceptors (Lipinski definition) is 2. The summed E-state index contributed by atoms with van der Waals surface area (Å²) >= 11 is 9.38. The van der Waals surface area contributed by atoms with Gasteiger partial charge in [-0.2, -0.15) is 0 Å². The first-order valence-electron chi connectivity index (χ1n) is 5.84. The van der Waals surface area contributed by atoms with Crippen molar-refractivity contribution in [1.29, 1.82) is 0 Å². The molecule has 0 bridgehead atoms. The van der Waals surface area contributed by atoms with E-state index in [2.05, 4.69) is 30.5 Å². The molecule has 1 fully saturated rings. The minimum Gasteiger partial charge on any atom is -0.311 e. The van der Waals surface area contributed by atoms with E-state index in [0.29, 0.717) is 5.88 Å². The zero-order valence-electron chi connectivity index (χ0n) is 9.37. The molecule has 0 radical (unpaired) electrons. The highest BCUT2D eigenvalue weighted by atomic mass is 79.9. The van der Waals surface area contributed by atoms with Crippen LogP contribution in [0.15, 0.2) is 16.7 Å². The molecule has 0 spiro atoms. The zero-order chi connectivity index (χ0) is 11.8. The first kappa shape index (κ1) is 11.5. The van der Waals surface area contributed by atoms with Crippen molar-refractivity contribution in [2.24, 2.45) is 5.92 Å². The van der Waals surface area contributed by atoms with Crippen LogP contribution in [0.3, 0.4) is 0 Å². The normalized spacial score (nSPS) is 16.4. The second-order valence-corrected chi connectivity index (χ2v) is 5.75. The van der Waals surface area contributed by atoms with Crippen LogP contribution in [0.4, 0.5) is 0 Å². The number of nitrogens with zero attached hydrogens (tertiary/aromatic N) is 3. The van der Waals surface area contributed by atoms with Gasteiger partial charge in [-0.15, -0.1) is 11.6 Å². The number of halogens is 2. The standard InChI is InChI=1S/C12H13BrClN3/c13-9-4-10-12(15-6-9)17(11(5-14)16-10)7-8-2-1-3-8/h4,6,8H,1-3,5,7H2. The Hall–Kier alpha value is -0.610. The van der Waals surface area contributed by atoms with Gasteiger partial charge in [0.05, 0.1) is 5.88 Å². The average molecular weight is 315 g/mol. The van der Waals surface area contributed by atoms with E-state index >= 15 is 0 Å². The van der Waals surface area contributed by atoms with E-state index in [1.54, 1.807) is 0 Å². The number of imidazole rings is 1. The first-order chi connectivity index (χ1) is 8.28. The second-order valence-electron chi connectivity index (χ2n) is 4.57. The van der Waals surface area contributed by atoms with Gasteiger partial charge in [0.15, 0.2) is 5.65 Å². The maximum absolute atomic E-state index is 5.97. The fraction of sp³-hybridized carbons (Fsp3) is 0.500. The highest BCUT2D eigenvalue weighted by Gasteiger charge is 2.21. The molecule has 3 rings (SSSR count). The summed E-state index contributed by atoms with van der Waals surface area (Å²) in [5.74, 6) is 2.15. The van der Waals surface area contributed by atoms with Crippen LogP contribution in [0, 0.1) is 5.92 Å². The van der Waals surface area contributed by atoms with Gasteiger partial charge in [-0.1, -0.05) is 6.42 Å². The van der Waals surface area contributed by atoms with Crippen molar-refractivity contribution in [2.75, 3.05) is 0 Å². The van der Waals surface area contributed by atoms with E-state index in [-0.39, 0.29) is 0 Å². The third kappa shape index (κ3) is 2.08. The highest BCUT2D eigenvalue weighted by Crippen LogP contribution is 2.30. The van der Waals surface area contributed by atoms with Crippen molar-refractivity contribution in [2.45, 2.75) is 31.7 Å². The molecule has 1 aliphatic carbocycles. The third-order valence-corrected chi connectivity index (χ3v) is 4.09. The Morgan fingerprint density at radius 2 is 2.29 bits per heavy atom. The fourth-order valence-corrected chi connectivity index (χ4v) is 2.78. The summed E-state index contributed by atoms with van der Waals surface area (Å²) in [5, 5.41) is 0. The van der Waals surface area contributed by atoms with E-state index in [9.17, 15) is 0 Å². The Labute approximate surface area is 113 Å². The fourth-order valence-electron chi connectivity index (χ4n) is 2.26. The van der Waals surface area contributed by atoms with Gasteiger partial charge in [-0.3, -0.25) is 0 Å². The molecule has 0 amide bonds. The van der Waals surface area contributed by atoms with Gasteiger partial charge in [0, 0.05) is 17.2 Å². The van der Waals surface area contributed by atoms with Gasteiger partial charge in [-0.05, 0) is 40.8 Å². The molecule has 0 atom stereocenters. The summed E-state index contributed by atoms with van der Waals surface area (Å²) in [7, 11) is 0. The maximum Gasteiger partial charge on any atom is 0.160 e. The Kier molecular flexibility index (Phi) is 3.09. The SMILES string of the molecule is ClCc1nc2cc(Br)cnc2n1CC1CCC1. The third-order valence-electron chi connectivity index (χ3n) is 3.42. The molecule has 0 aliphatic heterocycles. The van der Waals surface area contributed by atoms with E-state index in [1.807, 2.05) is 12.3 Å². The van der Waals surface area contributed by atoms with E-state index in [4.69, 9.17) is 11.6 Å². The number of aromatic nitrogens is 3. The molecule has 2 aromatic heterocycles. The molecule has 0 N–H and O–H groups in total. The maximum atomic E-state index is 5.97. The topological polar surface area (TPSA) is 30.7 Å². The number of rotatable bonds is 3. The van der Waals surface area contributed by atoms with E-state index < -0.39 is 0 Å². The molecule has 0 saturated heterocycles. The van der Waals surface area contributed by atoms with Crippen LogP contribution >= 0.6 is 27.5 Å². The van der Waals surface area contributed by atoms with Crippen LogP contribution in [0.25, 0.3) is 11.2 Å². The van der Waals surface area contributed by atoms with Crippen molar-refractivity contribution < 1.29 is 0 Å². The number of alkyl halides is 1. The monoisotopic (exact) mass is 313 g/mol. The summed E-state index contributed by atoms with van der Waals surface area (Å²) in [5.41, 5.74) is 1.88. The summed E-state index contributed by atoms with van der Waals surface area (Å²) in [6.45, 7) is 1.01. The van der Waals surface area contributed by atoms with Gasteiger partial charge >= 0.3 is 0 Å². The average Bonchev–Trinajstić information content (AvgIpc) is 2.60. The van der Waals surface area contributed by atoms with Crippen LogP contribution in [-0.2, 0) is 12.4 Å². The van der Waals surface area contributed by atoms with Crippen LogP contribution in [0.1, 0.15) is 25.1 Å².